The Kier molecular flexibility index (Phi) is 65.0. The van der Waals surface area contributed by atoms with Gasteiger partial charge < -0.3 is 19.8 Å². The van der Waals surface area contributed by atoms with E-state index in [-0.39, 0.29) is 19.1 Å². The molecule has 0 rings (SSSR count). The SMILES string of the molecule is CC/C=C\C/C=C\C/C=C\C/C=C\C/C=C\C/C=C\C/C=C\C/C=C\C/C=C\C/C=C\C/C=C\CCCCCCCC(=O)NC(COP(=O)(O)OCC[N+](C)(C)C)C(O)/C=C/CCCCCCCCCCCCCCCCCCCCCCCCCCC. The Bertz CT molecular complexity index is 1950. The van der Waals surface area contributed by atoms with Crippen LogP contribution in [0.2, 0.25) is 0 Å². The second kappa shape index (κ2) is 67.8. The number of quaternary nitrogens is 1. The number of nitrogens with one attached hydrogen (secondary N) is 1. The quantitative estimate of drug-likeness (QED) is 0.0243. The average Bonchev–Trinajstić information content (AvgIpc) is 3.70. The first kappa shape index (κ1) is 84.4. The smallest absolute Gasteiger partial charge is 0.387 e. The molecule has 0 spiro atoms. The van der Waals surface area contributed by atoms with Crippen molar-refractivity contribution >= 4 is 13.7 Å². The van der Waals surface area contributed by atoms with E-state index < -0.39 is 20.0 Å². The lowest BCUT2D eigenvalue weighted by molar-refractivity contribution is -0.870. The topological polar surface area (TPSA) is 105 Å². The molecule has 0 radical (unpaired) electrons. The number of unbranched alkanes of at least 4 members (excludes halogenated alkanes) is 30. The minimum absolute atomic E-state index is 0.0504. The fraction of sp³-hybridized carbons (Fsp3) is 0.684. The number of likely N-dealkylation sites (N-methyl/N-ethyl adjacent to an activating group) is 1. The zero-order valence-electron chi connectivity index (χ0n) is 57.7. The fourth-order valence-electron chi connectivity index (χ4n) is 9.99. The molecule has 0 aliphatic heterocycles. The molecule has 3 atom stereocenters. The maximum Gasteiger partial charge on any atom is 0.472 e. The van der Waals surface area contributed by atoms with Crippen LogP contribution in [0.4, 0.5) is 0 Å². The number of phosphoric acid groups is 1. The van der Waals surface area contributed by atoms with Crippen LogP contribution in [0, 0.1) is 0 Å². The minimum atomic E-state index is -4.37. The van der Waals surface area contributed by atoms with Crippen molar-refractivity contribution in [1.82, 2.24) is 5.32 Å². The van der Waals surface area contributed by atoms with Crippen molar-refractivity contribution in [1.29, 1.82) is 0 Å². The Morgan fingerprint density at radius 3 is 1.00 bits per heavy atom. The monoisotopic (exact) mass is 1240 g/mol. The van der Waals surface area contributed by atoms with E-state index in [4.69, 9.17) is 9.05 Å². The number of phosphoric ester groups is 1. The molecule has 0 fully saturated rings. The summed E-state index contributed by atoms with van der Waals surface area (Å²) in [5, 5.41) is 14.0. The molecule has 0 aliphatic rings. The van der Waals surface area contributed by atoms with E-state index in [1.165, 1.54) is 148 Å². The highest BCUT2D eigenvalue weighted by Crippen LogP contribution is 2.43. The molecule has 3 unspecified atom stereocenters. The van der Waals surface area contributed by atoms with Gasteiger partial charge in [0.25, 0.3) is 0 Å². The van der Waals surface area contributed by atoms with Gasteiger partial charge in [-0.2, -0.15) is 0 Å². The number of allylic oxidation sites excluding steroid dienone is 23. The van der Waals surface area contributed by atoms with Crippen LogP contribution in [0.3, 0.4) is 0 Å². The number of aliphatic hydroxyl groups excluding tert-OH is 1. The normalized spacial score (nSPS) is 14.5. The van der Waals surface area contributed by atoms with E-state index in [2.05, 4.69) is 153 Å². The summed E-state index contributed by atoms with van der Waals surface area (Å²) in [4.78, 5) is 23.4. The first-order valence-electron chi connectivity index (χ1n) is 36.2. The summed E-state index contributed by atoms with van der Waals surface area (Å²) in [5.41, 5.74) is 0. The first-order chi connectivity index (χ1) is 43.0. The van der Waals surface area contributed by atoms with Crippen molar-refractivity contribution in [2.24, 2.45) is 0 Å². The predicted molar refractivity (Wildman–Crippen MR) is 387 cm³/mol. The van der Waals surface area contributed by atoms with Gasteiger partial charge in [0.2, 0.25) is 5.91 Å². The lowest BCUT2D eigenvalue weighted by Crippen LogP contribution is -2.45. The number of carbonyl (C=O) groups is 1. The van der Waals surface area contributed by atoms with Crippen molar-refractivity contribution in [2.75, 3.05) is 40.9 Å². The minimum Gasteiger partial charge on any atom is -0.387 e. The van der Waals surface area contributed by atoms with Crippen LogP contribution in [-0.4, -0.2) is 73.4 Å². The molecule has 0 saturated carbocycles. The zero-order chi connectivity index (χ0) is 64.1. The molecule has 0 aromatic heterocycles. The number of rotatable bonds is 65. The van der Waals surface area contributed by atoms with Gasteiger partial charge in [0.1, 0.15) is 13.2 Å². The second-order valence-corrected chi connectivity index (χ2v) is 26.7. The van der Waals surface area contributed by atoms with Crippen LogP contribution < -0.4 is 5.32 Å². The van der Waals surface area contributed by atoms with Crippen LogP contribution in [0.15, 0.2) is 146 Å². The van der Waals surface area contributed by atoms with Gasteiger partial charge >= 0.3 is 7.82 Å². The van der Waals surface area contributed by atoms with E-state index >= 15 is 0 Å². The molecule has 0 aromatic carbocycles. The van der Waals surface area contributed by atoms with Crippen LogP contribution in [0.25, 0.3) is 0 Å². The molecule has 0 saturated heterocycles. The first-order valence-corrected chi connectivity index (χ1v) is 37.7. The van der Waals surface area contributed by atoms with Gasteiger partial charge in [-0.05, 0) is 103 Å². The molecule has 504 valence electrons. The fourth-order valence-corrected chi connectivity index (χ4v) is 10.7. The van der Waals surface area contributed by atoms with Crippen molar-refractivity contribution in [3.63, 3.8) is 0 Å². The number of aliphatic hydroxyl groups is 1. The maximum absolute atomic E-state index is 13.1. The molecule has 1 amide bonds. The third-order valence-corrected chi connectivity index (χ3v) is 16.5. The summed E-state index contributed by atoms with van der Waals surface area (Å²) in [6.45, 7) is 4.70. The number of nitrogens with zero attached hydrogens (tertiary/aromatic N) is 1. The molecule has 0 heterocycles. The Morgan fingerprint density at radius 1 is 0.398 bits per heavy atom. The lowest BCUT2D eigenvalue weighted by atomic mass is 10.0. The van der Waals surface area contributed by atoms with Crippen molar-refractivity contribution < 1.29 is 32.9 Å². The summed E-state index contributed by atoms with van der Waals surface area (Å²) >= 11 is 0. The molecule has 88 heavy (non-hydrogen) atoms. The number of amides is 1. The average molecular weight is 1240 g/mol. The lowest BCUT2D eigenvalue weighted by Gasteiger charge is -2.25. The maximum atomic E-state index is 13.1. The molecular weight excluding hydrogens is 1100 g/mol. The molecule has 0 aromatic rings. The van der Waals surface area contributed by atoms with Gasteiger partial charge in [-0.3, -0.25) is 13.8 Å². The van der Waals surface area contributed by atoms with Crippen LogP contribution in [-0.2, 0) is 18.4 Å². The van der Waals surface area contributed by atoms with Crippen LogP contribution in [0.1, 0.15) is 296 Å². The number of hydrogen-bond donors (Lipinski definition) is 3. The standard InChI is InChI=1S/C79H137N2O6P/c1-6-8-10-12-14-16-18-20-22-24-26-28-30-32-34-35-36-37-38-39-40-41-42-43-44-45-47-49-51-53-55-57-59-61-63-65-67-69-71-73-79(83)80-77(76-87-88(84,85)86-75-74-81(3,4)5)78(82)72-70-68-66-64-62-60-58-56-54-52-50-48-46-33-31-29-27-25-23-21-19-17-15-13-11-9-7-2/h8,10,14,16,20,22,26,28,32,34,36-37,39-40,42-43,45,47,51,53,57,59,70,72,77-78,82H,6-7,9,11-13,15,17-19,21,23-25,27,29-31,33,35,38,41,44,46,48-50,52,54-56,58,60-69,71,73-76H2,1-5H3,(H-,80,83,84,85)/p+1/b10-8-,16-14-,22-20-,28-26-,34-32-,37-36-,40-39-,43-42-,47-45-,53-51-,59-57-,72-70+. The number of hydrogen-bond acceptors (Lipinski definition) is 5. The van der Waals surface area contributed by atoms with E-state index in [0.29, 0.717) is 17.4 Å². The zero-order valence-corrected chi connectivity index (χ0v) is 58.6. The largest absolute Gasteiger partial charge is 0.472 e. The van der Waals surface area contributed by atoms with E-state index in [9.17, 15) is 19.4 Å². The Balaban J connectivity index is 4.18. The molecule has 0 bridgehead atoms. The molecule has 8 nitrogen and oxygen atoms in total. The van der Waals surface area contributed by atoms with Crippen molar-refractivity contribution in [2.45, 2.75) is 309 Å². The molecule has 0 aliphatic carbocycles. The third-order valence-electron chi connectivity index (χ3n) is 15.6. The predicted octanol–water partition coefficient (Wildman–Crippen LogP) is 23.6. The van der Waals surface area contributed by atoms with Gasteiger partial charge in [-0.15, -0.1) is 0 Å². The highest BCUT2D eigenvalue weighted by atomic mass is 31.2. The number of carbonyl (C=O) groups excluding carboxylic acids is 1. The van der Waals surface area contributed by atoms with Gasteiger partial charge in [0.05, 0.1) is 39.9 Å². The molecular formula is C79H138N2O6P+. The van der Waals surface area contributed by atoms with Gasteiger partial charge in [-0.1, -0.05) is 333 Å². The summed E-state index contributed by atoms with van der Waals surface area (Å²) in [6, 6.07) is -0.870. The van der Waals surface area contributed by atoms with Crippen LogP contribution in [0.5, 0.6) is 0 Å². The summed E-state index contributed by atoms with van der Waals surface area (Å²) in [7, 11) is 1.55. The summed E-state index contributed by atoms with van der Waals surface area (Å²) < 4.78 is 23.8. The van der Waals surface area contributed by atoms with Gasteiger partial charge in [0, 0.05) is 6.42 Å². The van der Waals surface area contributed by atoms with Crippen molar-refractivity contribution in [3.8, 4) is 0 Å². The van der Waals surface area contributed by atoms with Gasteiger partial charge in [0.15, 0.2) is 0 Å². The van der Waals surface area contributed by atoms with Crippen LogP contribution >= 0.6 is 7.82 Å². The second-order valence-electron chi connectivity index (χ2n) is 25.2. The highest BCUT2D eigenvalue weighted by Gasteiger charge is 2.28. The molecule has 3 N–H and O–H groups in total. The summed E-state index contributed by atoms with van der Waals surface area (Å²) in [6.07, 6.45) is 104. The Hall–Kier alpha value is -3.62. The van der Waals surface area contributed by atoms with Gasteiger partial charge in [-0.25, -0.2) is 4.57 Å². The highest BCUT2D eigenvalue weighted by molar-refractivity contribution is 7.47. The molecule has 9 heteroatoms. The van der Waals surface area contributed by atoms with Crippen molar-refractivity contribution in [3.05, 3.63) is 146 Å². The summed E-state index contributed by atoms with van der Waals surface area (Å²) in [5.74, 6) is -0.198. The van der Waals surface area contributed by atoms with E-state index in [1.54, 1.807) is 6.08 Å². The third kappa shape index (κ3) is 69.8. The Labute approximate surface area is 544 Å². The van der Waals surface area contributed by atoms with E-state index in [1.807, 2.05) is 27.2 Å². The van der Waals surface area contributed by atoms with E-state index in [0.717, 1.165) is 128 Å². The Morgan fingerprint density at radius 2 is 0.682 bits per heavy atom.